The highest BCUT2D eigenvalue weighted by Crippen LogP contribution is 2.32. The second-order valence-corrected chi connectivity index (χ2v) is 6.05. The van der Waals surface area contributed by atoms with E-state index in [4.69, 9.17) is 27.9 Å². The lowest BCUT2D eigenvalue weighted by molar-refractivity contribution is 0.0999. The third kappa shape index (κ3) is 3.37. The fraction of sp³-hybridized carbons (Fsp3) is 0.235. The van der Waals surface area contributed by atoms with E-state index in [1.807, 2.05) is 18.2 Å². The van der Waals surface area contributed by atoms with Crippen LogP contribution in [-0.2, 0) is 11.2 Å². The number of halogens is 2. The number of hydrogen-bond acceptors (Lipinski definition) is 2. The molecular formula is C17H15Cl2NO2. The molecule has 0 unspecified atom stereocenters. The van der Waals surface area contributed by atoms with Gasteiger partial charge in [-0.2, -0.15) is 0 Å². The number of carbonyl (C=O) groups excluding carboxylic acids is 1. The van der Waals surface area contributed by atoms with Crippen molar-refractivity contribution >= 4 is 35.0 Å². The van der Waals surface area contributed by atoms with Crippen molar-refractivity contribution in [1.29, 1.82) is 0 Å². The van der Waals surface area contributed by atoms with Crippen LogP contribution < -0.4 is 5.32 Å². The zero-order valence-electron chi connectivity index (χ0n) is 11.8. The molecule has 1 amide bonds. The van der Waals surface area contributed by atoms with Gasteiger partial charge in [0.25, 0.3) is 0 Å². The van der Waals surface area contributed by atoms with Gasteiger partial charge in [-0.25, -0.2) is 4.79 Å². The van der Waals surface area contributed by atoms with Crippen LogP contribution in [0.15, 0.2) is 42.5 Å². The highest BCUT2D eigenvalue weighted by atomic mass is 35.5. The molecule has 3 rings (SSSR count). The summed E-state index contributed by atoms with van der Waals surface area (Å²) in [6, 6.07) is 13.0. The van der Waals surface area contributed by atoms with Crippen LogP contribution in [0.4, 0.5) is 10.5 Å². The minimum Gasteiger partial charge on any atom is -0.441 e. The molecule has 0 bridgehead atoms. The average Bonchev–Trinajstić information content (AvgIpc) is 2.51. The molecule has 0 saturated carbocycles. The topological polar surface area (TPSA) is 38.3 Å². The summed E-state index contributed by atoms with van der Waals surface area (Å²) in [6.45, 7) is 0. The summed E-state index contributed by atoms with van der Waals surface area (Å²) in [6.07, 6.45) is 2.20. The third-order valence-corrected chi connectivity index (χ3v) is 4.47. The van der Waals surface area contributed by atoms with E-state index in [0.717, 1.165) is 24.8 Å². The Morgan fingerprint density at radius 3 is 2.77 bits per heavy atom. The molecule has 1 aliphatic rings. The number of benzene rings is 2. The zero-order chi connectivity index (χ0) is 15.5. The lowest BCUT2D eigenvalue weighted by atomic mass is 9.89. The van der Waals surface area contributed by atoms with Crippen LogP contribution in [0.25, 0.3) is 0 Å². The molecule has 0 saturated heterocycles. The van der Waals surface area contributed by atoms with Crippen LogP contribution in [0.5, 0.6) is 0 Å². The van der Waals surface area contributed by atoms with Crippen LogP contribution >= 0.6 is 23.2 Å². The molecule has 114 valence electrons. The maximum atomic E-state index is 12.1. The van der Waals surface area contributed by atoms with Crippen LogP contribution in [0, 0.1) is 0 Å². The van der Waals surface area contributed by atoms with Gasteiger partial charge in [-0.15, -0.1) is 0 Å². The summed E-state index contributed by atoms with van der Waals surface area (Å²) in [7, 11) is 0. The van der Waals surface area contributed by atoms with Gasteiger partial charge in [0, 0.05) is 5.69 Å². The molecule has 1 aliphatic carbocycles. The number of carbonyl (C=O) groups is 1. The van der Waals surface area contributed by atoms with Crippen LogP contribution in [0.1, 0.15) is 30.1 Å². The largest absolute Gasteiger partial charge is 0.441 e. The van der Waals surface area contributed by atoms with Gasteiger partial charge in [0.15, 0.2) is 0 Å². The Labute approximate surface area is 139 Å². The summed E-state index contributed by atoms with van der Waals surface area (Å²) in [4.78, 5) is 12.1. The molecule has 2 aromatic carbocycles. The van der Waals surface area contributed by atoms with Gasteiger partial charge in [-0.05, 0) is 48.6 Å². The normalized spacial score (nSPS) is 16.7. The number of ether oxygens (including phenoxy) is 1. The monoisotopic (exact) mass is 335 g/mol. The number of fused-ring (bicyclic) bond motifs is 1. The summed E-state index contributed by atoms with van der Waals surface area (Å²) in [5.74, 6) is 0. The summed E-state index contributed by atoms with van der Waals surface area (Å²) >= 11 is 11.8. The number of rotatable bonds is 2. The number of aryl methyl sites for hydroxylation is 1. The minimum absolute atomic E-state index is 0.201. The molecule has 2 aromatic rings. The number of amides is 1. The van der Waals surface area contributed by atoms with E-state index in [1.165, 1.54) is 5.56 Å². The van der Waals surface area contributed by atoms with E-state index < -0.39 is 6.09 Å². The molecule has 3 nitrogen and oxygen atoms in total. The Balaban J connectivity index is 1.69. The molecule has 0 spiro atoms. The Kier molecular flexibility index (Phi) is 4.55. The molecule has 0 aliphatic heterocycles. The molecular weight excluding hydrogens is 321 g/mol. The van der Waals surface area contributed by atoms with Crippen molar-refractivity contribution in [2.75, 3.05) is 5.32 Å². The Morgan fingerprint density at radius 1 is 1.14 bits per heavy atom. The van der Waals surface area contributed by atoms with Crippen molar-refractivity contribution < 1.29 is 9.53 Å². The predicted molar refractivity (Wildman–Crippen MR) is 88.7 cm³/mol. The first-order valence-corrected chi connectivity index (χ1v) is 7.89. The first-order chi connectivity index (χ1) is 10.6. The molecule has 1 N–H and O–H groups in total. The van der Waals surface area contributed by atoms with E-state index >= 15 is 0 Å². The summed E-state index contributed by atoms with van der Waals surface area (Å²) < 4.78 is 5.57. The third-order valence-electron chi connectivity index (χ3n) is 3.73. The van der Waals surface area contributed by atoms with E-state index in [0.29, 0.717) is 15.7 Å². The van der Waals surface area contributed by atoms with Crippen molar-refractivity contribution in [3.8, 4) is 0 Å². The molecule has 0 fully saturated rings. The molecule has 0 aromatic heterocycles. The fourth-order valence-corrected chi connectivity index (χ4v) is 2.98. The molecule has 5 heteroatoms. The zero-order valence-corrected chi connectivity index (χ0v) is 13.3. The number of anilines is 1. The van der Waals surface area contributed by atoms with Gasteiger partial charge in [0.2, 0.25) is 0 Å². The standard InChI is InChI=1S/C17H15Cl2NO2/c18-14-9-8-12(10-15(14)19)20-17(21)22-16-7-3-5-11-4-1-2-6-13(11)16/h1-2,4,6,8-10,16H,3,5,7H2,(H,20,21)/t16-/m1/s1. The van der Waals surface area contributed by atoms with Crippen LogP contribution in [-0.4, -0.2) is 6.09 Å². The number of hydrogen-bond donors (Lipinski definition) is 1. The highest BCUT2D eigenvalue weighted by molar-refractivity contribution is 6.42. The van der Waals surface area contributed by atoms with E-state index in [2.05, 4.69) is 11.4 Å². The van der Waals surface area contributed by atoms with Crippen molar-refractivity contribution in [2.24, 2.45) is 0 Å². The molecule has 0 heterocycles. The first-order valence-electron chi connectivity index (χ1n) is 7.14. The van der Waals surface area contributed by atoms with Gasteiger partial charge in [-0.3, -0.25) is 5.32 Å². The van der Waals surface area contributed by atoms with Crippen molar-refractivity contribution in [1.82, 2.24) is 0 Å². The lowest BCUT2D eigenvalue weighted by Crippen LogP contribution is -2.20. The Bertz CT molecular complexity index is 703. The van der Waals surface area contributed by atoms with Gasteiger partial charge in [0.1, 0.15) is 6.10 Å². The SMILES string of the molecule is O=C(Nc1ccc(Cl)c(Cl)c1)O[C@@H]1CCCc2ccccc21. The average molecular weight is 336 g/mol. The second-order valence-electron chi connectivity index (χ2n) is 5.24. The van der Waals surface area contributed by atoms with Crippen molar-refractivity contribution in [2.45, 2.75) is 25.4 Å². The highest BCUT2D eigenvalue weighted by Gasteiger charge is 2.23. The van der Waals surface area contributed by atoms with Gasteiger partial charge in [-0.1, -0.05) is 47.5 Å². The maximum absolute atomic E-state index is 12.1. The molecule has 0 radical (unpaired) electrons. The quantitative estimate of drug-likeness (QED) is 0.773. The van der Waals surface area contributed by atoms with E-state index in [-0.39, 0.29) is 6.10 Å². The van der Waals surface area contributed by atoms with E-state index in [9.17, 15) is 4.79 Å². The predicted octanol–water partition coefficient (Wildman–Crippen LogP) is 5.62. The van der Waals surface area contributed by atoms with Gasteiger partial charge in [0.05, 0.1) is 10.0 Å². The van der Waals surface area contributed by atoms with Crippen molar-refractivity contribution in [3.05, 3.63) is 63.6 Å². The summed E-state index contributed by atoms with van der Waals surface area (Å²) in [5.41, 5.74) is 2.91. The summed E-state index contributed by atoms with van der Waals surface area (Å²) in [5, 5.41) is 3.52. The van der Waals surface area contributed by atoms with Crippen LogP contribution in [0.2, 0.25) is 10.0 Å². The number of nitrogens with one attached hydrogen (secondary N) is 1. The molecule has 1 atom stereocenters. The maximum Gasteiger partial charge on any atom is 0.412 e. The Morgan fingerprint density at radius 2 is 1.95 bits per heavy atom. The van der Waals surface area contributed by atoms with Gasteiger partial charge < -0.3 is 4.74 Å². The van der Waals surface area contributed by atoms with E-state index in [1.54, 1.807) is 18.2 Å². The second kappa shape index (κ2) is 6.59. The smallest absolute Gasteiger partial charge is 0.412 e. The molecule has 22 heavy (non-hydrogen) atoms. The fourth-order valence-electron chi connectivity index (χ4n) is 2.68. The first kappa shape index (κ1) is 15.2. The van der Waals surface area contributed by atoms with Crippen molar-refractivity contribution in [3.63, 3.8) is 0 Å². The van der Waals surface area contributed by atoms with Gasteiger partial charge >= 0.3 is 6.09 Å². The minimum atomic E-state index is -0.486. The lowest BCUT2D eigenvalue weighted by Gasteiger charge is -2.25. The van der Waals surface area contributed by atoms with Crippen LogP contribution in [0.3, 0.4) is 0 Å². The Hall–Kier alpha value is -1.71.